The minimum Gasteiger partial charge on any atom is -0.465 e. The minimum absolute atomic E-state index is 0.00721. The Labute approximate surface area is 171 Å². The van der Waals surface area contributed by atoms with Crippen LogP contribution in [0.1, 0.15) is 0 Å². The first-order chi connectivity index (χ1) is 14.0. The van der Waals surface area contributed by atoms with Crippen LogP contribution in [0.15, 0.2) is 72.1 Å². The van der Waals surface area contributed by atoms with Crippen molar-refractivity contribution in [3.63, 3.8) is 0 Å². The number of methoxy groups -OCH3 is 2. The molecule has 0 fully saturated rings. The molecule has 0 unspecified atom stereocenters. The Morgan fingerprint density at radius 3 is 2.48 bits per heavy atom. The third kappa shape index (κ3) is 4.61. The zero-order chi connectivity index (χ0) is 20.8. The van der Waals surface area contributed by atoms with Gasteiger partial charge in [-0.1, -0.05) is 23.7 Å². The average Bonchev–Trinajstić information content (AvgIpc) is 2.97. The predicted molar refractivity (Wildman–Crippen MR) is 105 cm³/mol. The number of hydrogen-bond donors (Lipinski definition) is 0. The number of rotatable bonds is 5. The van der Waals surface area contributed by atoms with Gasteiger partial charge in [-0.25, -0.2) is 9.59 Å². The summed E-state index contributed by atoms with van der Waals surface area (Å²) in [6.07, 6.45) is 6.41. The maximum absolute atomic E-state index is 12.5. The van der Waals surface area contributed by atoms with Crippen LogP contribution >= 0.6 is 11.6 Å². The van der Waals surface area contributed by atoms with Crippen LogP contribution in [0.25, 0.3) is 0 Å². The number of anilines is 1. The van der Waals surface area contributed by atoms with E-state index in [1.165, 1.54) is 25.2 Å². The third-order valence-electron chi connectivity index (χ3n) is 3.81. The highest BCUT2D eigenvalue weighted by atomic mass is 35.5. The van der Waals surface area contributed by atoms with Crippen LogP contribution in [0.2, 0.25) is 5.15 Å². The van der Waals surface area contributed by atoms with Crippen molar-refractivity contribution in [3.05, 3.63) is 77.2 Å². The highest BCUT2D eigenvalue weighted by Gasteiger charge is 2.27. The van der Waals surface area contributed by atoms with E-state index in [4.69, 9.17) is 25.8 Å². The van der Waals surface area contributed by atoms with Gasteiger partial charge in [0, 0.05) is 24.0 Å². The molecule has 1 aliphatic rings. The zero-order valence-corrected chi connectivity index (χ0v) is 16.3. The van der Waals surface area contributed by atoms with E-state index in [1.807, 2.05) is 0 Å². The second kappa shape index (κ2) is 9.03. The Hall–Kier alpha value is -3.65. The Balaban J connectivity index is 2.02. The molecule has 148 valence electrons. The van der Waals surface area contributed by atoms with E-state index in [2.05, 4.69) is 10.2 Å². The van der Waals surface area contributed by atoms with Crippen molar-refractivity contribution in [2.75, 3.05) is 19.1 Å². The molecule has 0 bridgehead atoms. The number of hydrogen-bond acceptors (Lipinski definition) is 8. The molecule has 2 heterocycles. The van der Waals surface area contributed by atoms with Crippen LogP contribution in [0.4, 0.5) is 5.69 Å². The third-order valence-corrected chi connectivity index (χ3v) is 4.02. The maximum Gasteiger partial charge on any atom is 0.355 e. The first-order valence-corrected chi connectivity index (χ1v) is 8.73. The summed E-state index contributed by atoms with van der Waals surface area (Å²) in [6, 6.07) is 9.98. The molecule has 1 aromatic carbocycles. The van der Waals surface area contributed by atoms with E-state index in [0.717, 1.165) is 0 Å². The number of carbonyl (C=O) groups excluding carboxylic acids is 2. The van der Waals surface area contributed by atoms with Gasteiger partial charge in [0.1, 0.15) is 11.4 Å². The van der Waals surface area contributed by atoms with Gasteiger partial charge in [-0.2, -0.15) is 0 Å². The van der Waals surface area contributed by atoms with Gasteiger partial charge in [0.05, 0.1) is 19.8 Å². The Bertz CT molecular complexity index is 1020. The highest BCUT2D eigenvalue weighted by Crippen LogP contribution is 2.30. The molecular weight excluding hydrogens is 398 g/mol. The van der Waals surface area contributed by atoms with E-state index < -0.39 is 11.9 Å². The summed E-state index contributed by atoms with van der Waals surface area (Å²) in [5.41, 5.74) is 0.609. The number of nitrogens with zero attached hydrogens (tertiary/aromatic N) is 3. The van der Waals surface area contributed by atoms with E-state index in [-0.39, 0.29) is 22.3 Å². The molecular formula is C20H16ClN3O5. The molecule has 0 amide bonds. The van der Waals surface area contributed by atoms with E-state index >= 15 is 0 Å². The normalized spacial score (nSPS) is 13.1. The summed E-state index contributed by atoms with van der Waals surface area (Å²) < 4.78 is 15.4. The lowest BCUT2D eigenvalue weighted by atomic mass is 10.1. The van der Waals surface area contributed by atoms with Crippen LogP contribution in [0.5, 0.6) is 11.6 Å². The Morgan fingerprint density at radius 2 is 1.79 bits per heavy atom. The molecule has 8 nitrogen and oxygen atoms in total. The molecule has 1 aliphatic heterocycles. The molecule has 9 heteroatoms. The number of aromatic nitrogens is 2. The standard InChI is InChI=1S/C20H16ClN3O5/c1-27-19(25)15-8-3-4-11-24(18(15)20(26)28-2)13-6-5-7-14(12-13)29-17-10-9-16(21)22-23-17/h3-12H,1-2H3. The molecule has 0 N–H and O–H groups in total. The summed E-state index contributed by atoms with van der Waals surface area (Å²) in [5.74, 6) is -0.678. The lowest BCUT2D eigenvalue weighted by molar-refractivity contribution is -0.139. The van der Waals surface area contributed by atoms with Crippen molar-refractivity contribution < 1.29 is 23.8 Å². The van der Waals surface area contributed by atoms with Gasteiger partial charge in [0.2, 0.25) is 5.88 Å². The summed E-state index contributed by atoms with van der Waals surface area (Å²) in [6.45, 7) is 0. The molecule has 0 saturated heterocycles. The van der Waals surface area contributed by atoms with Gasteiger partial charge in [-0.05, 0) is 30.4 Å². The number of ether oxygens (including phenoxy) is 3. The van der Waals surface area contributed by atoms with E-state index in [9.17, 15) is 9.59 Å². The fourth-order valence-electron chi connectivity index (χ4n) is 2.54. The van der Waals surface area contributed by atoms with Crippen LogP contribution in [-0.4, -0.2) is 36.4 Å². The predicted octanol–water partition coefficient (Wildman–Crippen LogP) is 3.41. The van der Waals surface area contributed by atoms with Gasteiger partial charge < -0.3 is 19.1 Å². The fourth-order valence-corrected chi connectivity index (χ4v) is 2.64. The van der Waals surface area contributed by atoms with Crippen LogP contribution in [-0.2, 0) is 19.1 Å². The molecule has 0 radical (unpaired) electrons. The van der Waals surface area contributed by atoms with E-state index in [1.54, 1.807) is 54.8 Å². The quantitative estimate of drug-likeness (QED) is 0.689. The molecule has 0 saturated carbocycles. The van der Waals surface area contributed by atoms with Crippen molar-refractivity contribution in [2.24, 2.45) is 0 Å². The van der Waals surface area contributed by atoms with Crippen LogP contribution in [0.3, 0.4) is 0 Å². The molecule has 0 spiro atoms. The molecule has 0 aliphatic carbocycles. The lowest BCUT2D eigenvalue weighted by Crippen LogP contribution is -2.26. The topological polar surface area (TPSA) is 90.9 Å². The van der Waals surface area contributed by atoms with Crippen molar-refractivity contribution in [1.29, 1.82) is 0 Å². The molecule has 29 heavy (non-hydrogen) atoms. The second-order valence-corrected chi connectivity index (χ2v) is 6.00. The lowest BCUT2D eigenvalue weighted by Gasteiger charge is -2.23. The first kappa shape index (κ1) is 20.1. The number of benzene rings is 1. The monoisotopic (exact) mass is 413 g/mol. The smallest absolute Gasteiger partial charge is 0.355 e. The largest absolute Gasteiger partial charge is 0.465 e. The SMILES string of the molecule is COC(=O)C1=C(C(=O)OC)N(c2cccc(Oc3ccc(Cl)nn3)c2)C=CC=C1. The number of halogens is 1. The summed E-state index contributed by atoms with van der Waals surface area (Å²) >= 11 is 5.73. The summed E-state index contributed by atoms with van der Waals surface area (Å²) in [5, 5.41) is 7.82. The summed E-state index contributed by atoms with van der Waals surface area (Å²) in [4.78, 5) is 26.2. The van der Waals surface area contributed by atoms with E-state index in [0.29, 0.717) is 11.4 Å². The number of allylic oxidation sites excluding steroid dienone is 2. The maximum atomic E-state index is 12.5. The van der Waals surface area contributed by atoms with Crippen molar-refractivity contribution >= 4 is 29.2 Å². The Kier molecular flexibility index (Phi) is 6.25. The summed E-state index contributed by atoms with van der Waals surface area (Å²) in [7, 11) is 2.47. The Morgan fingerprint density at radius 1 is 1.00 bits per heavy atom. The van der Waals surface area contributed by atoms with Crippen molar-refractivity contribution in [1.82, 2.24) is 10.2 Å². The molecule has 3 rings (SSSR count). The van der Waals surface area contributed by atoms with Crippen LogP contribution in [0, 0.1) is 0 Å². The molecule has 1 aromatic heterocycles. The molecule has 2 aromatic rings. The zero-order valence-electron chi connectivity index (χ0n) is 15.5. The van der Waals surface area contributed by atoms with Gasteiger partial charge in [0.25, 0.3) is 0 Å². The van der Waals surface area contributed by atoms with Gasteiger partial charge in [0.15, 0.2) is 5.15 Å². The number of esters is 2. The minimum atomic E-state index is -0.698. The highest BCUT2D eigenvalue weighted by molar-refractivity contribution is 6.29. The van der Waals surface area contributed by atoms with Gasteiger partial charge >= 0.3 is 11.9 Å². The fraction of sp³-hybridized carbons (Fsp3) is 0.100. The van der Waals surface area contributed by atoms with Crippen molar-refractivity contribution in [2.45, 2.75) is 0 Å². The second-order valence-electron chi connectivity index (χ2n) is 5.61. The average molecular weight is 414 g/mol. The van der Waals surface area contributed by atoms with Crippen molar-refractivity contribution in [3.8, 4) is 11.6 Å². The first-order valence-electron chi connectivity index (χ1n) is 8.35. The van der Waals surface area contributed by atoms with Crippen LogP contribution < -0.4 is 9.64 Å². The van der Waals surface area contributed by atoms with Gasteiger partial charge in [-0.15, -0.1) is 10.2 Å². The number of carbonyl (C=O) groups is 2. The molecule has 0 atom stereocenters. The van der Waals surface area contributed by atoms with Gasteiger partial charge in [-0.3, -0.25) is 0 Å².